The highest BCUT2D eigenvalue weighted by Gasteiger charge is 2.44. The minimum atomic E-state index is -4.87. The molecule has 0 aliphatic carbocycles. The molecule has 0 radical (unpaired) electrons. The van der Waals surface area contributed by atoms with Gasteiger partial charge in [0.1, 0.15) is 5.75 Å². The molecule has 10 heteroatoms. The molecule has 2 aliphatic rings. The number of imide groups is 1. The Morgan fingerprint density at radius 2 is 1.85 bits per heavy atom. The van der Waals surface area contributed by atoms with Crippen molar-refractivity contribution in [3.8, 4) is 5.75 Å². The fourth-order valence-corrected chi connectivity index (χ4v) is 3.49. The predicted octanol–water partition coefficient (Wildman–Crippen LogP) is 1.41. The van der Waals surface area contributed by atoms with Crippen LogP contribution < -0.4 is 15.4 Å². The average Bonchev–Trinajstić information content (AvgIpc) is 2.88. The molecule has 2 aliphatic heterocycles. The molecular formula is C17H18F3N3O4. The molecule has 3 amide bonds. The Morgan fingerprint density at radius 1 is 1.19 bits per heavy atom. The predicted molar refractivity (Wildman–Crippen MR) is 87.5 cm³/mol. The molecule has 2 heterocycles. The summed E-state index contributed by atoms with van der Waals surface area (Å²) in [5.41, 5.74) is 5.32. The molecule has 2 fully saturated rings. The van der Waals surface area contributed by atoms with E-state index in [0.717, 1.165) is 17.0 Å². The molecule has 0 saturated carbocycles. The number of halogens is 3. The highest BCUT2D eigenvalue weighted by atomic mass is 19.4. The van der Waals surface area contributed by atoms with E-state index in [4.69, 9.17) is 5.73 Å². The molecule has 1 aromatic carbocycles. The second-order valence-corrected chi connectivity index (χ2v) is 6.55. The van der Waals surface area contributed by atoms with E-state index in [0.29, 0.717) is 25.9 Å². The summed E-state index contributed by atoms with van der Waals surface area (Å²) < 4.78 is 41.0. The monoisotopic (exact) mass is 385 g/mol. The number of likely N-dealkylation sites (tertiary alicyclic amines) is 1. The van der Waals surface area contributed by atoms with Crippen molar-refractivity contribution in [2.75, 3.05) is 18.0 Å². The van der Waals surface area contributed by atoms with Crippen LogP contribution in [0.3, 0.4) is 0 Å². The van der Waals surface area contributed by atoms with Crippen LogP contribution in [0.2, 0.25) is 0 Å². The van der Waals surface area contributed by atoms with Crippen LogP contribution in [0.1, 0.15) is 19.3 Å². The fraction of sp³-hybridized carbons (Fsp3) is 0.471. The zero-order valence-electron chi connectivity index (χ0n) is 14.2. The number of rotatable bonds is 4. The Hall–Kier alpha value is -2.62. The van der Waals surface area contributed by atoms with Gasteiger partial charge in [-0.05, 0) is 38.1 Å². The zero-order valence-corrected chi connectivity index (χ0v) is 14.2. The number of anilines is 1. The first kappa shape index (κ1) is 19.2. The fourth-order valence-electron chi connectivity index (χ4n) is 3.49. The number of benzene rings is 1. The zero-order chi connectivity index (χ0) is 19.8. The molecule has 146 valence electrons. The van der Waals surface area contributed by atoms with Crippen LogP contribution in [0.15, 0.2) is 24.3 Å². The largest absolute Gasteiger partial charge is 0.573 e. The molecule has 2 N–H and O–H groups in total. The summed E-state index contributed by atoms with van der Waals surface area (Å²) >= 11 is 0. The number of hydrogen-bond donors (Lipinski definition) is 1. The van der Waals surface area contributed by atoms with E-state index >= 15 is 0 Å². The first-order chi connectivity index (χ1) is 12.7. The van der Waals surface area contributed by atoms with Gasteiger partial charge in [0.25, 0.3) is 5.91 Å². The van der Waals surface area contributed by atoms with Gasteiger partial charge in [0.15, 0.2) is 0 Å². The van der Waals surface area contributed by atoms with Crippen LogP contribution in [0.5, 0.6) is 5.75 Å². The van der Waals surface area contributed by atoms with Crippen molar-refractivity contribution in [3.05, 3.63) is 24.3 Å². The van der Waals surface area contributed by atoms with Gasteiger partial charge >= 0.3 is 6.36 Å². The van der Waals surface area contributed by atoms with Crippen LogP contribution in [-0.4, -0.2) is 48.1 Å². The van der Waals surface area contributed by atoms with Crippen molar-refractivity contribution < 1.29 is 32.3 Å². The molecule has 3 rings (SSSR count). The summed E-state index contributed by atoms with van der Waals surface area (Å²) in [7, 11) is 0. The Bertz CT molecular complexity index is 760. The number of alkyl halides is 3. The van der Waals surface area contributed by atoms with Crippen LogP contribution >= 0.6 is 0 Å². The number of nitrogens with two attached hydrogens (primary N) is 1. The number of hydrogen-bond acceptors (Lipinski definition) is 5. The lowest BCUT2D eigenvalue weighted by molar-refractivity contribution is -0.274. The third-order valence-electron chi connectivity index (χ3n) is 4.80. The van der Waals surface area contributed by atoms with Gasteiger partial charge in [-0.2, -0.15) is 0 Å². The summed E-state index contributed by atoms with van der Waals surface area (Å²) in [5.74, 6) is -2.13. The summed E-state index contributed by atoms with van der Waals surface area (Å²) in [6.07, 6.45) is -3.93. The summed E-state index contributed by atoms with van der Waals surface area (Å²) in [5, 5.41) is 0. The smallest absolute Gasteiger partial charge is 0.406 e. The molecule has 0 aromatic heterocycles. The molecule has 0 spiro atoms. The Kier molecular flexibility index (Phi) is 5.09. The Morgan fingerprint density at radius 3 is 2.44 bits per heavy atom. The van der Waals surface area contributed by atoms with Crippen molar-refractivity contribution in [1.82, 2.24) is 4.90 Å². The normalized spacial score (nSPS) is 22.3. The van der Waals surface area contributed by atoms with Crippen LogP contribution in [-0.2, 0) is 14.4 Å². The van der Waals surface area contributed by atoms with E-state index in [2.05, 4.69) is 4.74 Å². The maximum atomic E-state index is 12.7. The number of carbonyl (C=O) groups is 3. The van der Waals surface area contributed by atoms with E-state index in [1.807, 2.05) is 4.90 Å². The maximum absolute atomic E-state index is 12.7. The number of amides is 3. The van der Waals surface area contributed by atoms with Crippen molar-refractivity contribution in [1.29, 1.82) is 0 Å². The SMILES string of the molecule is NC(=O)C1CCN([C@@H]2CC(=O)N(c3cccc(OC(F)(F)F)c3)C2=O)CC1. The lowest BCUT2D eigenvalue weighted by atomic mass is 9.95. The van der Waals surface area contributed by atoms with E-state index in [1.165, 1.54) is 12.1 Å². The van der Waals surface area contributed by atoms with Crippen molar-refractivity contribution in [3.63, 3.8) is 0 Å². The number of nitrogens with zero attached hydrogens (tertiary/aromatic N) is 2. The van der Waals surface area contributed by atoms with E-state index < -0.39 is 30.0 Å². The standard InChI is InChI=1S/C17H18F3N3O4/c18-17(19,20)27-12-3-1-2-11(8-12)23-14(24)9-13(16(23)26)22-6-4-10(5-7-22)15(21)25/h1-3,8,10,13H,4-7,9H2,(H2,21,25)/t13-/m1/s1. The topological polar surface area (TPSA) is 92.9 Å². The Balaban J connectivity index is 1.73. The highest BCUT2D eigenvalue weighted by Crippen LogP contribution is 2.32. The van der Waals surface area contributed by atoms with E-state index in [9.17, 15) is 27.6 Å². The number of carbonyl (C=O) groups excluding carboxylic acids is 3. The third kappa shape index (κ3) is 4.21. The van der Waals surface area contributed by atoms with Gasteiger partial charge < -0.3 is 10.5 Å². The summed E-state index contributed by atoms with van der Waals surface area (Å²) in [6, 6.07) is 4.06. The number of primary amides is 1. The summed E-state index contributed by atoms with van der Waals surface area (Å²) in [4.78, 5) is 39.0. The molecule has 0 unspecified atom stereocenters. The first-order valence-electron chi connectivity index (χ1n) is 8.41. The molecule has 1 aromatic rings. The molecular weight excluding hydrogens is 367 g/mol. The lowest BCUT2D eigenvalue weighted by Gasteiger charge is -2.33. The number of piperidine rings is 1. The van der Waals surface area contributed by atoms with Gasteiger partial charge in [0.05, 0.1) is 18.2 Å². The van der Waals surface area contributed by atoms with Gasteiger partial charge in [-0.25, -0.2) is 4.90 Å². The average molecular weight is 385 g/mol. The summed E-state index contributed by atoms with van der Waals surface area (Å²) in [6.45, 7) is 0.894. The van der Waals surface area contributed by atoms with Gasteiger partial charge in [-0.15, -0.1) is 13.2 Å². The minimum Gasteiger partial charge on any atom is -0.406 e. The second kappa shape index (κ2) is 7.18. The van der Waals surface area contributed by atoms with Gasteiger partial charge in [-0.3, -0.25) is 19.3 Å². The first-order valence-corrected chi connectivity index (χ1v) is 8.41. The van der Waals surface area contributed by atoms with Crippen LogP contribution in [0, 0.1) is 5.92 Å². The highest BCUT2D eigenvalue weighted by molar-refractivity contribution is 6.22. The molecule has 1 atom stereocenters. The molecule has 0 bridgehead atoms. The van der Waals surface area contributed by atoms with Gasteiger partial charge in [0.2, 0.25) is 11.8 Å². The quantitative estimate of drug-likeness (QED) is 0.792. The van der Waals surface area contributed by atoms with Crippen molar-refractivity contribution >= 4 is 23.4 Å². The molecule has 2 saturated heterocycles. The molecule has 27 heavy (non-hydrogen) atoms. The van der Waals surface area contributed by atoms with Crippen LogP contribution in [0.4, 0.5) is 18.9 Å². The van der Waals surface area contributed by atoms with E-state index in [-0.39, 0.29) is 23.9 Å². The second-order valence-electron chi connectivity index (χ2n) is 6.55. The third-order valence-corrected chi connectivity index (χ3v) is 4.80. The van der Waals surface area contributed by atoms with Crippen molar-refractivity contribution in [2.45, 2.75) is 31.7 Å². The Labute approximate surface area is 152 Å². The van der Waals surface area contributed by atoms with Crippen LogP contribution in [0.25, 0.3) is 0 Å². The molecule has 7 nitrogen and oxygen atoms in total. The van der Waals surface area contributed by atoms with E-state index in [1.54, 1.807) is 0 Å². The maximum Gasteiger partial charge on any atom is 0.573 e. The van der Waals surface area contributed by atoms with Gasteiger partial charge in [-0.1, -0.05) is 6.07 Å². The van der Waals surface area contributed by atoms with Crippen molar-refractivity contribution in [2.24, 2.45) is 11.7 Å². The minimum absolute atomic E-state index is 0.0290. The van der Waals surface area contributed by atoms with Gasteiger partial charge in [0, 0.05) is 12.0 Å². The number of ether oxygens (including phenoxy) is 1. The lowest BCUT2D eigenvalue weighted by Crippen LogP contribution is -2.47.